The van der Waals surface area contributed by atoms with Gasteiger partial charge in [0, 0.05) is 20.8 Å². The SMILES string of the molecule is Nc1cc(NCc2cc(Br)cs2)nc(C(F)(F)F)n1. The number of anilines is 2. The first-order chi connectivity index (χ1) is 8.84. The Bertz CT molecular complexity index is 584. The van der Waals surface area contributed by atoms with Crippen LogP contribution in [-0.2, 0) is 12.7 Å². The highest BCUT2D eigenvalue weighted by molar-refractivity contribution is 9.10. The van der Waals surface area contributed by atoms with Gasteiger partial charge in [0.05, 0.1) is 6.54 Å². The molecule has 3 N–H and O–H groups in total. The molecule has 2 aromatic heterocycles. The molecule has 9 heteroatoms. The standard InChI is InChI=1S/C10H8BrF3N4S/c11-5-1-6(19-4-5)3-16-8-2-7(15)17-9(18-8)10(12,13)14/h1-2,4H,3H2,(H3,15,16,17,18). The first kappa shape index (κ1) is 14.1. The zero-order chi connectivity index (χ0) is 14.0. The third kappa shape index (κ3) is 3.80. The Kier molecular flexibility index (Phi) is 3.95. The number of nitrogens with zero attached hydrogens (tertiary/aromatic N) is 2. The topological polar surface area (TPSA) is 63.8 Å². The Morgan fingerprint density at radius 1 is 1.32 bits per heavy atom. The lowest BCUT2D eigenvalue weighted by molar-refractivity contribution is -0.144. The Hall–Kier alpha value is -1.35. The van der Waals surface area contributed by atoms with E-state index in [-0.39, 0.29) is 11.6 Å². The zero-order valence-corrected chi connectivity index (χ0v) is 11.7. The van der Waals surface area contributed by atoms with E-state index in [1.54, 1.807) is 0 Å². The highest BCUT2D eigenvalue weighted by Gasteiger charge is 2.35. The summed E-state index contributed by atoms with van der Waals surface area (Å²) in [5, 5.41) is 4.67. The van der Waals surface area contributed by atoms with Crippen molar-refractivity contribution in [2.45, 2.75) is 12.7 Å². The van der Waals surface area contributed by atoms with E-state index in [0.717, 1.165) is 9.35 Å². The Morgan fingerprint density at radius 2 is 2.05 bits per heavy atom. The van der Waals surface area contributed by atoms with Crippen LogP contribution >= 0.6 is 27.3 Å². The molecule has 0 saturated heterocycles. The van der Waals surface area contributed by atoms with Crippen molar-refractivity contribution in [1.82, 2.24) is 9.97 Å². The van der Waals surface area contributed by atoms with Gasteiger partial charge in [-0.15, -0.1) is 11.3 Å². The van der Waals surface area contributed by atoms with E-state index >= 15 is 0 Å². The van der Waals surface area contributed by atoms with Crippen LogP contribution < -0.4 is 11.1 Å². The number of alkyl halides is 3. The van der Waals surface area contributed by atoms with Crippen molar-refractivity contribution in [3.8, 4) is 0 Å². The number of nitrogens with one attached hydrogen (secondary N) is 1. The third-order valence-corrected chi connectivity index (χ3v) is 3.76. The smallest absolute Gasteiger partial charge is 0.384 e. The number of nitrogens with two attached hydrogens (primary N) is 1. The number of thiophene rings is 1. The van der Waals surface area contributed by atoms with Crippen molar-refractivity contribution >= 4 is 38.9 Å². The summed E-state index contributed by atoms with van der Waals surface area (Å²) in [6.07, 6.45) is -4.61. The van der Waals surface area contributed by atoms with Gasteiger partial charge in [0.15, 0.2) is 0 Å². The molecule has 0 spiro atoms. The van der Waals surface area contributed by atoms with Crippen LogP contribution in [0.25, 0.3) is 0 Å². The van der Waals surface area contributed by atoms with Crippen LogP contribution in [0.4, 0.5) is 24.8 Å². The molecule has 2 heterocycles. The summed E-state index contributed by atoms with van der Waals surface area (Å²) in [5.41, 5.74) is 5.33. The van der Waals surface area contributed by atoms with E-state index in [9.17, 15) is 13.2 Å². The van der Waals surface area contributed by atoms with Gasteiger partial charge in [0.1, 0.15) is 11.6 Å². The number of rotatable bonds is 3. The van der Waals surface area contributed by atoms with Gasteiger partial charge in [-0.1, -0.05) is 0 Å². The van der Waals surface area contributed by atoms with Crippen molar-refractivity contribution in [3.05, 3.63) is 32.7 Å². The van der Waals surface area contributed by atoms with Crippen molar-refractivity contribution in [1.29, 1.82) is 0 Å². The molecule has 19 heavy (non-hydrogen) atoms. The van der Waals surface area contributed by atoms with Crippen LogP contribution in [0.15, 0.2) is 22.0 Å². The summed E-state index contributed by atoms with van der Waals surface area (Å²) in [4.78, 5) is 7.51. The molecule has 0 bridgehead atoms. The number of hydrogen-bond donors (Lipinski definition) is 2. The molecule has 0 radical (unpaired) electrons. The summed E-state index contributed by atoms with van der Waals surface area (Å²) in [7, 11) is 0. The lowest BCUT2D eigenvalue weighted by atomic mass is 10.4. The lowest BCUT2D eigenvalue weighted by Gasteiger charge is -2.09. The van der Waals surface area contributed by atoms with Gasteiger partial charge in [-0.25, -0.2) is 9.97 Å². The van der Waals surface area contributed by atoms with Gasteiger partial charge in [0.25, 0.3) is 0 Å². The van der Waals surface area contributed by atoms with Crippen LogP contribution in [0.1, 0.15) is 10.7 Å². The summed E-state index contributed by atoms with van der Waals surface area (Å²) in [5.74, 6) is -1.43. The highest BCUT2D eigenvalue weighted by atomic mass is 79.9. The Balaban J connectivity index is 2.14. The van der Waals surface area contributed by atoms with Gasteiger partial charge in [-0.3, -0.25) is 0 Å². The van der Waals surface area contributed by atoms with Gasteiger partial charge in [-0.2, -0.15) is 13.2 Å². The molecule has 0 unspecified atom stereocenters. The number of hydrogen-bond acceptors (Lipinski definition) is 5. The predicted octanol–water partition coefficient (Wildman–Crippen LogP) is 3.51. The first-order valence-corrected chi connectivity index (χ1v) is 6.70. The van der Waals surface area contributed by atoms with E-state index in [1.165, 1.54) is 17.4 Å². The largest absolute Gasteiger partial charge is 0.451 e. The molecule has 0 aliphatic heterocycles. The summed E-state index contributed by atoms with van der Waals surface area (Å²) in [6.45, 7) is 0.365. The van der Waals surface area contributed by atoms with E-state index in [1.807, 2.05) is 11.4 Å². The average molecular weight is 353 g/mol. The van der Waals surface area contributed by atoms with Crippen molar-refractivity contribution in [2.24, 2.45) is 0 Å². The second-order valence-electron chi connectivity index (χ2n) is 3.58. The molecule has 0 aromatic carbocycles. The van der Waals surface area contributed by atoms with E-state index < -0.39 is 12.0 Å². The van der Waals surface area contributed by atoms with Gasteiger partial charge in [0.2, 0.25) is 5.82 Å². The number of halogens is 4. The quantitative estimate of drug-likeness (QED) is 0.886. The molecular weight excluding hydrogens is 345 g/mol. The average Bonchev–Trinajstić information content (AvgIpc) is 2.71. The third-order valence-electron chi connectivity index (χ3n) is 2.07. The minimum atomic E-state index is -4.61. The summed E-state index contributed by atoms with van der Waals surface area (Å²) >= 11 is 4.77. The molecule has 0 amide bonds. The number of aromatic nitrogens is 2. The molecule has 0 aliphatic carbocycles. The minimum Gasteiger partial charge on any atom is -0.384 e. The molecule has 2 rings (SSSR count). The van der Waals surface area contributed by atoms with Crippen LogP contribution in [0.5, 0.6) is 0 Å². The highest BCUT2D eigenvalue weighted by Crippen LogP contribution is 2.28. The van der Waals surface area contributed by atoms with Crippen LogP contribution in [0, 0.1) is 0 Å². The Labute approximate surface area is 119 Å². The van der Waals surface area contributed by atoms with Gasteiger partial charge in [-0.05, 0) is 22.0 Å². The molecule has 0 aliphatic rings. The molecule has 0 fully saturated rings. The lowest BCUT2D eigenvalue weighted by Crippen LogP contribution is -2.14. The summed E-state index contributed by atoms with van der Waals surface area (Å²) in [6, 6.07) is 3.13. The fourth-order valence-electron chi connectivity index (χ4n) is 1.31. The van der Waals surface area contributed by atoms with Crippen LogP contribution in [0.2, 0.25) is 0 Å². The van der Waals surface area contributed by atoms with Crippen molar-refractivity contribution in [3.63, 3.8) is 0 Å². The van der Waals surface area contributed by atoms with Crippen LogP contribution in [-0.4, -0.2) is 9.97 Å². The molecule has 2 aromatic rings. The fourth-order valence-corrected chi connectivity index (χ4v) is 2.70. The first-order valence-electron chi connectivity index (χ1n) is 5.03. The van der Waals surface area contributed by atoms with E-state index in [0.29, 0.717) is 6.54 Å². The molecular formula is C10H8BrF3N4S. The summed E-state index contributed by atoms with van der Waals surface area (Å²) < 4.78 is 38.4. The predicted molar refractivity (Wildman–Crippen MR) is 70.8 cm³/mol. The maximum atomic E-state index is 12.5. The monoisotopic (exact) mass is 352 g/mol. The fraction of sp³-hybridized carbons (Fsp3) is 0.200. The van der Waals surface area contributed by atoms with Crippen molar-refractivity contribution < 1.29 is 13.2 Å². The molecule has 0 atom stereocenters. The van der Waals surface area contributed by atoms with Crippen molar-refractivity contribution in [2.75, 3.05) is 11.1 Å². The van der Waals surface area contributed by atoms with Gasteiger partial charge < -0.3 is 11.1 Å². The molecule has 4 nitrogen and oxygen atoms in total. The second-order valence-corrected chi connectivity index (χ2v) is 5.50. The van der Waals surface area contributed by atoms with E-state index in [2.05, 4.69) is 31.2 Å². The Morgan fingerprint density at radius 3 is 2.63 bits per heavy atom. The second kappa shape index (κ2) is 5.33. The zero-order valence-electron chi connectivity index (χ0n) is 9.33. The van der Waals surface area contributed by atoms with Crippen LogP contribution in [0.3, 0.4) is 0 Å². The maximum Gasteiger partial charge on any atom is 0.451 e. The normalized spacial score (nSPS) is 11.6. The minimum absolute atomic E-state index is 0.0457. The van der Waals surface area contributed by atoms with Gasteiger partial charge >= 0.3 is 6.18 Å². The molecule has 0 saturated carbocycles. The maximum absolute atomic E-state index is 12.5. The number of nitrogen functional groups attached to an aromatic ring is 1. The van der Waals surface area contributed by atoms with E-state index in [4.69, 9.17) is 5.73 Å². The molecule has 102 valence electrons.